The number of unbranched alkanes of at least 4 members (excludes halogenated alkanes) is 2. The van der Waals surface area contributed by atoms with Gasteiger partial charge in [0.2, 0.25) is 0 Å². The van der Waals surface area contributed by atoms with E-state index in [-0.39, 0.29) is 6.42 Å². The van der Waals surface area contributed by atoms with E-state index < -0.39 is 11.3 Å². The molecule has 3 heteroatoms. The first-order chi connectivity index (χ1) is 5.81. The van der Waals surface area contributed by atoms with E-state index in [1.165, 1.54) is 0 Å². The molecule has 80 valence electrons. The van der Waals surface area contributed by atoms with E-state index in [0.717, 1.165) is 12.8 Å². The molecule has 13 heavy (non-hydrogen) atoms. The van der Waals surface area contributed by atoms with Crippen molar-refractivity contribution in [2.24, 2.45) is 11.1 Å². The molecule has 0 heterocycles. The predicted octanol–water partition coefficient (Wildman–Crippen LogP) is 3.19. The van der Waals surface area contributed by atoms with Crippen LogP contribution in [0.15, 0.2) is 0 Å². The summed E-state index contributed by atoms with van der Waals surface area (Å²) in [5.41, 5.74) is 4.36. The Kier molecular flexibility index (Phi) is 4.82. The van der Waals surface area contributed by atoms with Crippen molar-refractivity contribution in [3.8, 4) is 0 Å². The molecule has 0 aliphatic carbocycles. The van der Waals surface area contributed by atoms with E-state index in [1.54, 1.807) is 20.8 Å². The maximum Gasteiger partial charge on any atom is 0.252 e. The Balaban J connectivity index is 3.77. The number of alkyl halides is 2. The average molecular weight is 193 g/mol. The summed E-state index contributed by atoms with van der Waals surface area (Å²) in [6.45, 7) is 5.34. The summed E-state index contributed by atoms with van der Waals surface area (Å²) in [4.78, 5) is 0. The van der Waals surface area contributed by atoms with Gasteiger partial charge in [-0.2, -0.15) is 0 Å². The number of hydrogen-bond acceptors (Lipinski definition) is 1. The fourth-order valence-electron chi connectivity index (χ4n) is 1.04. The van der Waals surface area contributed by atoms with Crippen molar-refractivity contribution in [3.05, 3.63) is 0 Å². The molecule has 0 unspecified atom stereocenters. The van der Waals surface area contributed by atoms with Gasteiger partial charge in [0.15, 0.2) is 0 Å². The van der Waals surface area contributed by atoms with Crippen molar-refractivity contribution in [2.45, 2.75) is 52.4 Å². The summed E-state index contributed by atoms with van der Waals surface area (Å²) in [6, 6.07) is 0. The largest absolute Gasteiger partial charge is 0.330 e. The fraction of sp³-hybridized carbons (Fsp3) is 1.00. The third-order valence-corrected chi connectivity index (χ3v) is 2.29. The monoisotopic (exact) mass is 193 g/mol. The number of halogens is 2. The maximum atomic E-state index is 13.3. The van der Waals surface area contributed by atoms with Crippen LogP contribution in [0.5, 0.6) is 0 Å². The van der Waals surface area contributed by atoms with Crippen LogP contribution in [0.1, 0.15) is 46.5 Å². The Morgan fingerprint density at radius 1 is 1.00 bits per heavy atom. The predicted molar refractivity (Wildman–Crippen MR) is 51.9 cm³/mol. The second-order valence-electron chi connectivity index (χ2n) is 4.55. The Hall–Kier alpha value is -0.180. The molecule has 2 N–H and O–H groups in total. The molecule has 1 nitrogen and oxygen atoms in total. The van der Waals surface area contributed by atoms with Crippen LogP contribution in [0.3, 0.4) is 0 Å². The molecule has 0 fully saturated rings. The van der Waals surface area contributed by atoms with Crippen LogP contribution >= 0.6 is 0 Å². The minimum absolute atomic E-state index is 0.0174. The van der Waals surface area contributed by atoms with E-state index in [0.29, 0.717) is 13.0 Å². The molecular formula is C10H21F2N. The summed E-state index contributed by atoms with van der Waals surface area (Å²) < 4.78 is 26.7. The van der Waals surface area contributed by atoms with E-state index in [1.807, 2.05) is 0 Å². The van der Waals surface area contributed by atoms with Gasteiger partial charge in [-0.1, -0.05) is 27.2 Å². The molecular weight excluding hydrogens is 172 g/mol. The Morgan fingerprint density at radius 3 is 1.92 bits per heavy atom. The number of rotatable bonds is 5. The van der Waals surface area contributed by atoms with Crippen molar-refractivity contribution >= 4 is 0 Å². The highest BCUT2D eigenvalue weighted by atomic mass is 19.3. The van der Waals surface area contributed by atoms with E-state index in [9.17, 15) is 8.78 Å². The van der Waals surface area contributed by atoms with Crippen LogP contribution < -0.4 is 5.73 Å². The van der Waals surface area contributed by atoms with E-state index >= 15 is 0 Å². The maximum absolute atomic E-state index is 13.3. The molecule has 0 aliphatic heterocycles. The molecule has 0 aromatic heterocycles. The second-order valence-corrected chi connectivity index (χ2v) is 4.55. The molecule has 0 amide bonds. The van der Waals surface area contributed by atoms with Crippen LogP contribution in [0.2, 0.25) is 0 Å². The summed E-state index contributed by atoms with van der Waals surface area (Å²) in [7, 11) is 0. The lowest BCUT2D eigenvalue weighted by Crippen LogP contribution is -2.33. The average Bonchev–Trinajstić information content (AvgIpc) is 1.96. The molecule has 0 aromatic carbocycles. The first kappa shape index (κ1) is 12.8. The third-order valence-electron chi connectivity index (χ3n) is 2.29. The van der Waals surface area contributed by atoms with Crippen LogP contribution in [-0.2, 0) is 0 Å². The first-order valence-corrected chi connectivity index (χ1v) is 4.89. The van der Waals surface area contributed by atoms with Crippen LogP contribution in [0.4, 0.5) is 8.78 Å². The topological polar surface area (TPSA) is 26.0 Å². The Labute approximate surface area is 79.7 Å². The summed E-state index contributed by atoms with van der Waals surface area (Å²) >= 11 is 0. The molecule has 0 saturated carbocycles. The van der Waals surface area contributed by atoms with Gasteiger partial charge in [0.05, 0.1) is 0 Å². The van der Waals surface area contributed by atoms with E-state index in [2.05, 4.69) is 0 Å². The minimum atomic E-state index is -2.55. The van der Waals surface area contributed by atoms with E-state index in [4.69, 9.17) is 5.73 Å². The molecule has 0 radical (unpaired) electrons. The minimum Gasteiger partial charge on any atom is -0.330 e. The van der Waals surface area contributed by atoms with Gasteiger partial charge in [0.25, 0.3) is 5.92 Å². The molecule has 0 aliphatic rings. The molecule has 0 bridgehead atoms. The fourth-order valence-corrected chi connectivity index (χ4v) is 1.04. The van der Waals surface area contributed by atoms with Gasteiger partial charge < -0.3 is 5.73 Å². The third kappa shape index (κ3) is 4.55. The summed E-state index contributed by atoms with van der Waals surface area (Å²) in [5.74, 6) is -2.55. The van der Waals surface area contributed by atoms with Gasteiger partial charge >= 0.3 is 0 Å². The number of hydrogen-bond donors (Lipinski definition) is 1. The highest BCUT2D eigenvalue weighted by Crippen LogP contribution is 2.39. The molecule has 0 rings (SSSR count). The van der Waals surface area contributed by atoms with Gasteiger partial charge in [-0.3, -0.25) is 0 Å². The van der Waals surface area contributed by atoms with Crippen molar-refractivity contribution in [2.75, 3.05) is 6.54 Å². The van der Waals surface area contributed by atoms with Gasteiger partial charge in [0, 0.05) is 11.8 Å². The summed E-state index contributed by atoms with van der Waals surface area (Å²) in [5, 5.41) is 0. The van der Waals surface area contributed by atoms with Crippen LogP contribution in [-0.4, -0.2) is 12.5 Å². The van der Waals surface area contributed by atoms with Crippen molar-refractivity contribution < 1.29 is 8.78 Å². The highest BCUT2D eigenvalue weighted by molar-refractivity contribution is 4.80. The molecule has 0 saturated heterocycles. The molecule has 0 atom stereocenters. The Bertz CT molecular complexity index is 138. The van der Waals surface area contributed by atoms with Crippen LogP contribution in [0.25, 0.3) is 0 Å². The lowest BCUT2D eigenvalue weighted by Gasteiger charge is -2.30. The first-order valence-electron chi connectivity index (χ1n) is 4.89. The SMILES string of the molecule is CC(C)(C)C(F)(F)CCCCCN. The van der Waals surface area contributed by atoms with Crippen molar-refractivity contribution in [1.82, 2.24) is 0 Å². The van der Waals surface area contributed by atoms with Gasteiger partial charge in [-0.25, -0.2) is 8.78 Å². The second kappa shape index (κ2) is 4.89. The smallest absolute Gasteiger partial charge is 0.252 e. The Morgan fingerprint density at radius 2 is 1.54 bits per heavy atom. The summed E-state index contributed by atoms with van der Waals surface area (Å²) in [6.07, 6.45) is 2.21. The quantitative estimate of drug-likeness (QED) is 0.667. The lowest BCUT2D eigenvalue weighted by atomic mass is 9.85. The van der Waals surface area contributed by atoms with Gasteiger partial charge in [-0.15, -0.1) is 0 Å². The van der Waals surface area contributed by atoms with Crippen molar-refractivity contribution in [3.63, 3.8) is 0 Å². The molecule has 0 spiro atoms. The highest BCUT2D eigenvalue weighted by Gasteiger charge is 2.41. The zero-order chi connectivity index (χ0) is 10.5. The standard InChI is InChI=1S/C10H21F2N/c1-9(2,3)10(11,12)7-5-4-6-8-13/h4-8,13H2,1-3H3. The number of nitrogens with two attached hydrogens (primary N) is 1. The van der Waals surface area contributed by atoms with Crippen molar-refractivity contribution in [1.29, 1.82) is 0 Å². The van der Waals surface area contributed by atoms with Crippen LogP contribution in [0, 0.1) is 5.41 Å². The lowest BCUT2D eigenvalue weighted by molar-refractivity contribution is -0.104. The molecule has 0 aromatic rings. The van der Waals surface area contributed by atoms with Gasteiger partial charge in [0.1, 0.15) is 0 Å². The van der Waals surface area contributed by atoms with Gasteiger partial charge in [-0.05, 0) is 19.4 Å². The zero-order valence-corrected chi connectivity index (χ0v) is 8.87. The zero-order valence-electron chi connectivity index (χ0n) is 8.87. The normalized spacial score (nSPS) is 13.4.